The van der Waals surface area contributed by atoms with Crippen molar-refractivity contribution in [2.24, 2.45) is 7.05 Å². The van der Waals surface area contributed by atoms with Gasteiger partial charge in [-0.1, -0.05) is 36.4 Å². The summed E-state index contributed by atoms with van der Waals surface area (Å²) in [7, 11) is 3.42. The third-order valence-electron chi connectivity index (χ3n) is 7.82. The zero-order chi connectivity index (χ0) is 28.2. The van der Waals surface area contributed by atoms with Gasteiger partial charge in [0.25, 0.3) is 11.5 Å². The first-order chi connectivity index (χ1) is 20.0. The van der Waals surface area contributed by atoms with Gasteiger partial charge in [-0.2, -0.15) is 9.78 Å². The van der Waals surface area contributed by atoms with Gasteiger partial charge < -0.3 is 19.2 Å². The van der Waals surface area contributed by atoms with Gasteiger partial charge in [-0.3, -0.25) is 9.59 Å². The number of aromatic nitrogens is 4. The minimum atomic E-state index is -0.396. The molecule has 0 bridgehead atoms. The van der Waals surface area contributed by atoms with Crippen LogP contribution in [-0.2, 0) is 13.6 Å². The van der Waals surface area contributed by atoms with E-state index in [9.17, 15) is 9.59 Å². The van der Waals surface area contributed by atoms with Crippen LogP contribution in [0.5, 0.6) is 5.75 Å². The standard InChI is InChI=1S/C33H27N5O3/c1-4-37-27-12-8-5-9-23(27)25-19-20(13-18-28(25)37)34-32(39)30-29-24-10-6-7-11-26(24)36(2)31(29)33(40)38(35-30)21-14-16-22(41-3)17-15-21/h5-19H,4H2,1-3H3,(H,34,39). The Morgan fingerprint density at radius 3 is 2.27 bits per heavy atom. The molecular weight excluding hydrogens is 514 g/mol. The molecule has 3 heterocycles. The fourth-order valence-electron chi connectivity index (χ4n) is 5.90. The molecule has 4 aromatic carbocycles. The van der Waals surface area contributed by atoms with Gasteiger partial charge in [-0.25, -0.2) is 0 Å². The average molecular weight is 542 g/mol. The van der Waals surface area contributed by atoms with E-state index >= 15 is 0 Å². The van der Waals surface area contributed by atoms with Crippen LogP contribution >= 0.6 is 0 Å². The Morgan fingerprint density at radius 2 is 1.54 bits per heavy atom. The van der Waals surface area contributed by atoms with E-state index in [-0.39, 0.29) is 11.3 Å². The van der Waals surface area contributed by atoms with Gasteiger partial charge in [0.05, 0.1) is 12.8 Å². The van der Waals surface area contributed by atoms with Gasteiger partial charge >= 0.3 is 0 Å². The average Bonchev–Trinajstić information content (AvgIpc) is 3.49. The molecule has 0 aliphatic carbocycles. The summed E-state index contributed by atoms with van der Waals surface area (Å²) in [6.07, 6.45) is 0. The lowest BCUT2D eigenvalue weighted by Crippen LogP contribution is -2.27. The fraction of sp³-hybridized carbons (Fsp3) is 0.121. The number of aryl methyl sites for hydroxylation is 2. The zero-order valence-electron chi connectivity index (χ0n) is 22.9. The number of hydrogen-bond donors (Lipinski definition) is 1. The molecule has 1 N–H and O–H groups in total. The maximum atomic E-state index is 14.0. The summed E-state index contributed by atoms with van der Waals surface area (Å²) in [5.74, 6) is 0.262. The number of carbonyl (C=O) groups is 1. The van der Waals surface area contributed by atoms with Crippen molar-refractivity contribution >= 4 is 55.2 Å². The molecule has 0 aliphatic rings. The van der Waals surface area contributed by atoms with Crippen LogP contribution in [0, 0.1) is 0 Å². The molecule has 3 aromatic heterocycles. The lowest BCUT2D eigenvalue weighted by atomic mass is 10.1. The number of para-hydroxylation sites is 2. The largest absolute Gasteiger partial charge is 0.497 e. The molecule has 0 saturated heterocycles. The molecule has 202 valence electrons. The second-order valence-corrected chi connectivity index (χ2v) is 10.0. The highest BCUT2D eigenvalue weighted by atomic mass is 16.5. The summed E-state index contributed by atoms with van der Waals surface area (Å²) in [5.41, 5.74) is 4.55. The van der Waals surface area contributed by atoms with Crippen LogP contribution in [-0.4, -0.2) is 31.9 Å². The number of carbonyl (C=O) groups excluding carboxylic acids is 1. The van der Waals surface area contributed by atoms with Crippen LogP contribution in [0.3, 0.4) is 0 Å². The van der Waals surface area contributed by atoms with E-state index in [1.165, 1.54) is 4.68 Å². The maximum absolute atomic E-state index is 14.0. The molecule has 0 spiro atoms. The van der Waals surface area contributed by atoms with Gasteiger partial charge in [0.2, 0.25) is 0 Å². The number of fused-ring (bicyclic) bond motifs is 6. The SMILES string of the molecule is CCn1c2ccccc2c2cc(NC(=O)c3nn(-c4ccc(OC)cc4)c(=O)c4c3c3ccccc3n4C)ccc21. The highest BCUT2D eigenvalue weighted by Gasteiger charge is 2.24. The molecule has 1 amide bonds. The first kappa shape index (κ1) is 24.7. The van der Waals surface area contributed by atoms with Crippen molar-refractivity contribution in [1.82, 2.24) is 18.9 Å². The van der Waals surface area contributed by atoms with E-state index in [1.807, 2.05) is 66.2 Å². The number of methoxy groups -OCH3 is 1. The Hall–Kier alpha value is -5.37. The Morgan fingerprint density at radius 1 is 0.854 bits per heavy atom. The van der Waals surface area contributed by atoms with Crippen LogP contribution in [0.15, 0.2) is 95.8 Å². The van der Waals surface area contributed by atoms with Crippen molar-refractivity contribution in [1.29, 1.82) is 0 Å². The number of hydrogen-bond acceptors (Lipinski definition) is 4. The molecule has 0 radical (unpaired) electrons. The number of anilines is 1. The molecular formula is C33H27N5O3. The second-order valence-electron chi connectivity index (χ2n) is 10.0. The summed E-state index contributed by atoms with van der Waals surface area (Å²) >= 11 is 0. The number of benzene rings is 4. The lowest BCUT2D eigenvalue weighted by molar-refractivity contribution is 0.102. The van der Waals surface area contributed by atoms with Crippen LogP contribution in [0.1, 0.15) is 17.4 Å². The first-order valence-electron chi connectivity index (χ1n) is 13.5. The number of rotatable bonds is 5. The summed E-state index contributed by atoms with van der Waals surface area (Å²) in [4.78, 5) is 27.8. The molecule has 0 aliphatic heterocycles. The summed E-state index contributed by atoms with van der Waals surface area (Å²) in [5, 5.41) is 11.2. The Balaban J connectivity index is 1.42. The molecule has 7 rings (SSSR count). The highest BCUT2D eigenvalue weighted by Crippen LogP contribution is 2.32. The third-order valence-corrected chi connectivity index (χ3v) is 7.82. The van der Waals surface area contributed by atoms with Gasteiger partial charge in [0.1, 0.15) is 11.3 Å². The molecule has 7 aromatic rings. The molecule has 0 atom stereocenters. The monoisotopic (exact) mass is 541 g/mol. The third kappa shape index (κ3) is 3.71. The molecule has 8 heteroatoms. The maximum Gasteiger partial charge on any atom is 0.296 e. The van der Waals surface area contributed by atoms with Crippen LogP contribution in [0.4, 0.5) is 5.69 Å². The minimum Gasteiger partial charge on any atom is -0.497 e. The van der Waals surface area contributed by atoms with Gasteiger partial charge in [-0.15, -0.1) is 0 Å². The number of nitrogens with one attached hydrogen (secondary N) is 1. The second kappa shape index (κ2) is 9.38. The van der Waals surface area contributed by atoms with Crippen molar-refractivity contribution in [3.8, 4) is 11.4 Å². The van der Waals surface area contributed by atoms with Crippen LogP contribution < -0.4 is 15.6 Å². The smallest absolute Gasteiger partial charge is 0.296 e. The van der Waals surface area contributed by atoms with Crippen LogP contribution in [0.2, 0.25) is 0 Å². The van der Waals surface area contributed by atoms with E-state index in [2.05, 4.69) is 34.0 Å². The van der Waals surface area contributed by atoms with E-state index in [0.717, 1.165) is 39.3 Å². The molecule has 0 fully saturated rings. The molecule has 0 saturated carbocycles. The molecule has 0 unspecified atom stereocenters. The summed E-state index contributed by atoms with van der Waals surface area (Å²) in [6.45, 7) is 2.96. The van der Waals surface area contributed by atoms with Gasteiger partial charge in [-0.05, 0) is 61.5 Å². The highest BCUT2D eigenvalue weighted by molar-refractivity contribution is 6.20. The predicted molar refractivity (Wildman–Crippen MR) is 163 cm³/mol. The molecule has 8 nitrogen and oxygen atoms in total. The van der Waals surface area contributed by atoms with Crippen molar-refractivity contribution < 1.29 is 9.53 Å². The van der Waals surface area contributed by atoms with Crippen molar-refractivity contribution in [2.45, 2.75) is 13.5 Å². The topological polar surface area (TPSA) is 83.1 Å². The minimum absolute atomic E-state index is 0.170. The Bertz CT molecular complexity index is 2200. The van der Waals surface area contributed by atoms with Crippen molar-refractivity contribution in [2.75, 3.05) is 12.4 Å². The lowest BCUT2D eigenvalue weighted by Gasteiger charge is -2.11. The first-order valence-corrected chi connectivity index (χ1v) is 13.5. The molecule has 41 heavy (non-hydrogen) atoms. The van der Waals surface area contributed by atoms with Crippen molar-refractivity contribution in [3.63, 3.8) is 0 Å². The number of ether oxygens (including phenoxy) is 1. The van der Waals surface area contributed by atoms with Crippen LogP contribution in [0.25, 0.3) is 49.3 Å². The normalized spacial score (nSPS) is 11.6. The Labute approximate surface area is 235 Å². The number of nitrogens with zero attached hydrogens (tertiary/aromatic N) is 4. The Kier molecular flexibility index (Phi) is 5.64. The number of amides is 1. The fourth-order valence-corrected chi connectivity index (χ4v) is 5.90. The van der Waals surface area contributed by atoms with E-state index in [4.69, 9.17) is 4.74 Å². The van der Waals surface area contributed by atoms with Crippen molar-refractivity contribution in [3.05, 3.63) is 107 Å². The van der Waals surface area contributed by atoms with E-state index in [1.54, 1.807) is 31.4 Å². The summed E-state index contributed by atoms with van der Waals surface area (Å²) in [6, 6.07) is 28.9. The quantitative estimate of drug-likeness (QED) is 0.279. The van der Waals surface area contributed by atoms with E-state index < -0.39 is 5.91 Å². The van der Waals surface area contributed by atoms with Gasteiger partial charge in [0, 0.05) is 57.4 Å². The van der Waals surface area contributed by atoms with E-state index in [0.29, 0.717) is 28.0 Å². The summed E-state index contributed by atoms with van der Waals surface area (Å²) < 4.78 is 10.7. The van der Waals surface area contributed by atoms with Gasteiger partial charge in [0.15, 0.2) is 5.69 Å². The zero-order valence-corrected chi connectivity index (χ0v) is 22.9. The predicted octanol–water partition coefficient (Wildman–Crippen LogP) is 6.27.